The third-order valence-electron chi connectivity index (χ3n) is 7.23. The second-order valence-corrected chi connectivity index (χ2v) is 10.6. The Hall–Kier alpha value is -3.98. The Labute approximate surface area is 220 Å². The second kappa shape index (κ2) is 11.4. The smallest absolute Gasteiger partial charge is 0.323 e. The first-order chi connectivity index (χ1) is 17.5. The van der Waals surface area contributed by atoms with Crippen LogP contribution in [0.1, 0.15) is 76.6 Å². The molecule has 6 nitrogen and oxygen atoms in total. The fourth-order valence-corrected chi connectivity index (χ4v) is 3.85. The topological polar surface area (TPSA) is 94.4 Å². The predicted molar refractivity (Wildman–Crippen MR) is 149 cm³/mol. The van der Waals surface area contributed by atoms with Crippen molar-refractivity contribution in [1.29, 1.82) is 5.26 Å². The highest BCUT2D eigenvalue weighted by Crippen LogP contribution is 2.39. The van der Waals surface area contributed by atoms with Gasteiger partial charge in [-0.25, -0.2) is 4.79 Å². The van der Waals surface area contributed by atoms with Crippen molar-refractivity contribution in [3.63, 3.8) is 0 Å². The SMILES string of the molecule is CCC(C)(C)c1ccc(OCc2ccc(NC(=O)Nc3ccc(C#N)cc3)c(O)c2)c(C(C)(C)CC)c1. The fraction of sp³-hybridized carbons (Fsp3) is 0.355. The number of anilines is 2. The standard InChI is InChI=1S/C31H37N3O3/c1-7-30(3,4)23-12-16-28(25(18-23)31(5,6)8-2)37-20-22-11-15-26(27(35)17-22)34-29(36)33-24-13-9-21(19-32)10-14-24/h9-18,35H,7-8,20H2,1-6H3,(H2,33,34,36). The number of nitrogens with one attached hydrogen (secondary N) is 2. The van der Waals surface area contributed by atoms with Gasteiger partial charge in [-0.15, -0.1) is 0 Å². The number of phenols is 1. The van der Waals surface area contributed by atoms with Crippen molar-refractivity contribution >= 4 is 17.4 Å². The molecule has 0 aliphatic carbocycles. The van der Waals surface area contributed by atoms with E-state index >= 15 is 0 Å². The Kier molecular flexibility index (Phi) is 8.49. The van der Waals surface area contributed by atoms with Crippen molar-refractivity contribution in [1.82, 2.24) is 0 Å². The van der Waals surface area contributed by atoms with Crippen LogP contribution in [0.2, 0.25) is 0 Å². The number of ether oxygens (including phenoxy) is 1. The van der Waals surface area contributed by atoms with Crippen LogP contribution < -0.4 is 15.4 Å². The van der Waals surface area contributed by atoms with E-state index in [1.165, 1.54) is 11.1 Å². The zero-order valence-electron chi connectivity index (χ0n) is 22.6. The molecule has 6 heteroatoms. The minimum absolute atomic E-state index is 0.0482. The molecule has 0 atom stereocenters. The Balaban J connectivity index is 1.71. The molecule has 3 aromatic rings. The lowest BCUT2D eigenvalue weighted by atomic mass is 9.76. The molecule has 37 heavy (non-hydrogen) atoms. The Morgan fingerprint density at radius 2 is 1.59 bits per heavy atom. The number of amides is 2. The minimum Gasteiger partial charge on any atom is -0.506 e. The first-order valence-corrected chi connectivity index (χ1v) is 12.7. The van der Waals surface area contributed by atoms with Gasteiger partial charge in [0.25, 0.3) is 0 Å². The molecule has 0 aliphatic rings. The first-order valence-electron chi connectivity index (χ1n) is 12.7. The Morgan fingerprint density at radius 1 is 0.919 bits per heavy atom. The number of carbonyl (C=O) groups excluding carboxylic acids is 1. The fourth-order valence-electron chi connectivity index (χ4n) is 3.85. The van der Waals surface area contributed by atoms with Gasteiger partial charge in [0.15, 0.2) is 0 Å². The number of aromatic hydroxyl groups is 1. The van der Waals surface area contributed by atoms with Crippen LogP contribution in [0.4, 0.5) is 16.2 Å². The number of phenolic OH excluding ortho intramolecular Hbond substituents is 1. The second-order valence-electron chi connectivity index (χ2n) is 10.6. The summed E-state index contributed by atoms with van der Waals surface area (Å²) in [6.07, 6.45) is 2.02. The minimum atomic E-state index is -0.495. The summed E-state index contributed by atoms with van der Waals surface area (Å²) in [6, 6.07) is 19.6. The molecule has 0 saturated carbocycles. The number of benzene rings is 3. The van der Waals surface area contributed by atoms with E-state index in [-0.39, 0.29) is 28.9 Å². The van der Waals surface area contributed by atoms with Crippen LogP contribution in [0.5, 0.6) is 11.5 Å². The molecule has 0 unspecified atom stereocenters. The maximum absolute atomic E-state index is 12.3. The van der Waals surface area contributed by atoms with E-state index in [2.05, 4.69) is 70.4 Å². The average Bonchev–Trinajstić information content (AvgIpc) is 2.89. The van der Waals surface area contributed by atoms with E-state index < -0.39 is 6.03 Å². The molecular weight excluding hydrogens is 462 g/mol. The van der Waals surface area contributed by atoms with Crippen LogP contribution in [-0.2, 0) is 17.4 Å². The molecule has 0 heterocycles. The third kappa shape index (κ3) is 6.83. The zero-order chi connectivity index (χ0) is 27.2. The van der Waals surface area contributed by atoms with Crippen molar-refractivity contribution in [2.75, 3.05) is 10.6 Å². The molecule has 3 aromatic carbocycles. The largest absolute Gasteiger partial charge is 0.506 e. The van der Waals surface area contributed by atoms with Crippen LogP contribution in [0, 0.1) is 11.3 Å². The highest BCUT2D eigenvalue weighted by Gasteiger charge is 2.26. The first kappa shape index (κ1) is 27.6. The highest BCUT2D eigenvalue weighted by molar-refractivity contribution is 6.00. The average molecular weight is 500 g/mol. The molecule has 0 bridgehead atoms. The summed E-state index contributed by atoms with van der Waals surface area (Å²) in [5.41, 5.74) is 4.63. The number of nitriles is 1. The molecule has 2 amide bonds. The number of urea groups is 1. The zero-order valence-corrected chi connectivity index (χ0v) is 22.6. The van der Waals surface area contributed by atoms with Crippen LogP contribution >= 0.6 is 0 Å². The van der Waals surface area contributed by atoms with Gasteiger partial charge in [0, 0.05) is 11.3 Å². The van der Waals surface area contributed by atoms with E-state index in [4.69, 9.17) is 10.00 Å². The van der Waals surface area contributed by atoms with Crippen LogP contribution in [0.15, 0.2) is 60.7 Å². The lowest BCUT2D eigenvalue weighted by Crippen LogP contribution is -2.21. The summed E-state index contributed by atoms with van der Waals surface area (Å²) < 4.78 is 6.25. The van der Waals surface area contributed by atoms with Crippen molar-refractivity contribution in [2.45, 2.75) is 71.8 Å². The lowest BCUT2D eigenvalue weighted by Gasteiger charge is -2.30. The third-order valence-corrected chi connectivity index (χ3v) is 7.23. The number of nitrogens with zero attached hydrogens (tertiary/aromatic N) is 1. The van der Waals surface area contributed by atoms with Gasteiger partial charge in [0.1, 0.15) is 18.1 Å². The maximum Gasteiger partial charge on any atom is 0.323 e. The van der Waals surface area contributed by atoms with E-state index in [0.29, 0.717) is 11.3 Å². The van der Waals surface area contributed by atoms with Crippen LogP contribution in [0.25, 0.3) is 0 Å². The maximum atomic E-state index is 12.3. The number of rotatable bonds is 9. The Morgan fingerprint density at radius 3 is 2.19 bits per heavy atom. The molecule has 0 aliphatic heterocycles. The normalized spacial score (nSPS) is 11.5. The molecule has 0 saturated heterocycles. The molecular formula is C31H37N3O3. The number of hydrogen-bond acceptors (Lipinski definition) is 4. The van der Waals surface area contributed by atoms with Crippen molar-refractivity contribution < 1.29 is 14.6 Å². The van der Waals surface area contributed by atoms with E-state index in [0.717, 1.165) is 24.2 Å². The van der Waals surface area contributed by atoms with Gasteiger partial charge in [-0.05, 0) is 77.3 Å². The van der Waals surface area contributed by atoms with Crippen molar-refractivity contribution in [3.05, 3.63) is 82.9 Å². The van der Waals surface area contributed by atoms with E-state index in [9.17, 15) is 9.90 Å². The summed E-state index contributed by atoms with van der Waals surface area (Å²) >= 11 is 0. The van der Waals surface area contributed by atoms with Gasteiger partial charge < -0.3 is 20.5 Å². The molecule has 194 valence electrons. The summed E-state index contributed by atoms with van der Waals surface area (Å²) in [5, 5.41) is 24.7. The molecule has 3 rings (SSSR count). The van der Waals surface area contributed by atoms with Crippen molar-refractivity contribution in [3.8, 4) is 17.6 Å². The molecule has 0 spiro atoms. The summed E-state index contributed by atoms with van der Waals surface area (Å²) in [6.45, 7) is 13.7. The molecule has 3 N–H and O–H groups in total. The molecule has 0 aromatic heterocycles. The quantitative estimate of drug-likeness (QED) is 0.261. The van der Waals surface area contributed by atoms with Crippen LogP contribution in [0.3, 0.4) is 0 Å². The van der Waals surface area contributed by atoms with Gasteiger partial charge in [0.2, 0.25) is 0 Å². The summed E-state index contributed by atoms with van der Waals surface area (Å²) in [7, 11) is 0. The number of hydrogen-bond donors (Lipinski definition) is 3. The van der Waals surface area contributed by atoms with Gasteiger partial charge >= 0.3 is 6.03 Å². The number of carbonyl (C=O) groups is 1. The highest BCUT2D eigenvalue weighted by atomic mass is 16.5. The Bertz CT molecular complexity index is 1290. The summed E-state index contributed by atoms with van der Waals surface area (Å²) in [5.74, 6) is 0.788. The molecule has 0 fully saturated rings. The van der Waals surface area contributed by atoms with Gasteiger partial charge in [0.05, 0.1) is 17.3 Å². The van der Waals surface area contributed by atoms with Crippen LogP contribution in [-0.4, -0.2) is 11.1 Å². The summed E-state index contributed by atoms with van der Waals surface area (Å²) in [4.78, 5) is 12.3. The van der Waals surface area contributed by atoms with Gasteiger partial charge in [-0.3, -0.25) is 0 Å². The predicted octanol–water partition coefficient (Wildman–Crippen LogP) is 7.86. The van der Waals surface area contributed by atoms with Gasteiger partial charge in [-0.2, -0.15) is 5.26 Å². The lowest BCUT2D eigenvalue weighted by molar-refractivity contribution is 0.262. The van der Waals surface area contributed by atoms with E-state index in [1.54, 1.807) is 36.4 Å². The van der Waals surface area contributed by atoms with E-state index in [1.807, 2.05) is 12.1 Å². The monoisotopic (exact) mass is 499 g/mol. The molecule has 0 radical (unpaired) electrons. The van der Waals surface area contributed by atoms with Gasteiger partial charge in [-0.1, -0.05) is 59.7 Å². The van der Waals surface area contributed by atoms with Crippen molar-refractivity contribution in [2.24, 2.45) is 0 Å².